The molecule has 34 heavy (non-hydrogen) atoms. The lowest BCUT2D eigenvalue weighted by Gasteiger charge is -2.21. The molecule has 0 aliphatic carbocycles. The normalized spacial score (nSPS) is 14.8. The van der Waals surface area contributed by atoms with Crippen LogP contribution in [0.3, 0.4) is 0 Å². The molecule has 1 amide bonds. The zero-order chi connectivity index (χ0) is 24.6. The van der Waals surface area contributed by atoms with E-state index in [4.69, 9.17) is 14.2 Å². The lowest BCUT2D eigenvalue weighted by atomic mass is 10.1. The van der Waals surface area contributed by atoms with Gasteiger partial charge in [0.1, 0.15) is 17.2 Å². The summed E-state index contributed by atoms with van der Waals surface area (Å²) in [6.07, 6.45) is 5.56. The maximum absolute atomic E-state index is 13.3. The molecule has 186 valence electrons. The average Bonchev–Trinajstić information content (AvgIpc) is 3.15. The van der Waals surface area contributed by atoms with Crippen LogP contribution in [-0.2, 0) is 10.0 Å². The fourth-order valence-electron chi connectivity index (χ4n) is 3.83. The van der Waals surface area contributed by atoms with E-state index in [0.717, 1.165) is 38.5 Å². The van der Waals surface area contributed by atoms with Crippen molar-refractivity contribution >= 4 is 21.6 Å². The van der Waals surface area contributed by atoms with Gasteiger partial charge in [-0.1, -0.05) is 26.2 Å². The number of unbranched alkanes of at least 4 members (excludes halogenated alkanes) is 1. The largest absolute Gasteiger partial charge is 0.497 e. The van der Waals surface area contributed by atoms with Crippen LogP contribution in [0.2, 0.25) is 0 Å². The van der Waals surface area contributed by atoms with Gasteiger partial charge in [0.2, 0.25) is 10.0 Å². The average molecular weight is 491 g/mol. The van der Waals surface area contributed by atoms with Crippen molar-refractivity contribution in [3.8, 4) is 17.2 Å². The first-order chi connectivity index (χ1) is 16.4. The van der Waals surface area contributed by atoms with Gasteiger partial charge in [-0.25, -0.2) is 8.42 Å². The number of benzene rings is 2. The van der Waals surface area contributed by atoms with Crippen LogP contribution in [0.5, 0.6) is 17.2 Å². The molecule has 2 aromatic rings. The summed E-state index contributed by atoms with van der Waals surface area (Å²) in [7, 11) is -0.735. The number of nitrogens with one attached hydrogen (secondary N) is 1. The Morgan fingerprint density at radius 1 is 0.971 bits per heavy atom. The van der Waals surface area contributed by atoms with Crippen LogP contribution in [0.1, 0.15) is 55.8 Å². The summed E-state index contributed by atoms with van der Waals surface area (Å²) in [6.45, 7) is 3.55. The summed E-state index contributed by atoms with van der Waals surface area (Å²) in [5, 5.41) is 2.84. The first-order valence-electron chi connectivity index (χ1n) is 11.7. The minimum Gasteiger partial charge on any atom is -0.497 e. The Kier molecular flexibility index (Phi) is 9.18. The fourth-order valence-corrected chi connectivity index (χ4v) is 5.38. The molecule has 8 nitrogen and oxygen atoms in total. The van der Waals surface area contributed by atoms with E-state index < -0.39 is 15.9 Å². The Morgan fingerprint density at radius 3 is 2.32 bits per heavy atom. The van der Waals surface area contributed by atoms with Crippen molar-refractivity contribution < 1.29 is 27.4 Å². The van der Waals surface area contributed by atoms with Crippen LogP contribution in [0.4, 0.5) is 5.69 Å². The Labute approximate surface area is 202 Å². The lowest BCUT2D eigenvalue weighted by Crippen LogP contribution is -2.32. The molecule has 1 heterocycles. The monoisotopic (exact) mass is 490 g/mol. The van der Waals surface area contributed by atoms with Crippen molar-refractivity contribution in [1.82, 2.24) is 4.31 Å². The minimum atomic E-state index is -3.72. The summed E-state index contributed by atoms with van der Waals surface area (Å²) >= 11 is 0. The molecule has 1 N–H and O–H groups in total. The number of carbonyl (C=O) groups excluding carboxylic acids is 1. The van der Waals surface area contributed by atoms with E-state index in [2.05, 4.69) is 12.2 Å². The second-order valence-electron chi connectivity index (χ2n) is 8.20. The van der Waals surface area contributed by atoms with Crippen LogP contribution in [-0.4, -0.2) is 52.5 Å². The summed E-state index contributed by atoms with van der Waals surface area (Å²) in [5.74, 6) is 0.847. The van der Waals surface area contributed by atoms with Gasteiger partial charge in [0.25, 0.3) is 5.91 Å². The van der Waals surface area contributed by atoms with E-state index >= 15 is 0 Å². The zero-order valence-corrected chi connectivity index (χ0v) is 20.9. The molecule has 0 saturated carbocycles. The quantitative estimate of drug-likeness (QED) is 0.485. The molecule has 1 aliphatic rings. The number of carbonyl (C=O) groups is 1. The number of methoxy groups -OCH3 is 2. The van der Waals surface area contributed by atoms with E-state index in [1.165, 1.54) is 29.6 Å². The van der Waals surface area contributed by atoms with E-state index in [1.807, 2.05) is 0 Å². The predicted octanol–water partition coefficient (Wildman–Crippen LogP) is 4.70. The van der Waals surface area contributed by atoms with Gasteiger partial charge >= 0.3 is 0 Å². The molecular weight excluding hydrogens is 456 g/mol. The second-order valence-corrected chi connectivity index (χ2v) is 10.1. The first-order valence-corrected chi connectivity index (χ1v) is 13.1. The highest BCUT2D eigenvalue weighted by atomic mass is 32.2. The summed E-state index contributed by atoms with van der Waals surface area (Å²) in [4.78, 5) is 13.4. The molecule has 3 rings (SSSR count). The maximum atomic E-state index is 13.3. The summed E-state index contributed by atoms with van der Waals surface area (Å²) < 4.78 is 44.5. The van der Waals surface area contributed by atoms with Crippen molar-refractivity contribution in [3.05, 3.63) is 42.0 Å². The first kappa shape index (κ1) is 25.8. The van der Waals surface area contributed by atoms with Crippen molar-refractivity contribution in [2.24, 2.45) is 0 Å². The Bertz CT molecular complexity index is 1080. The minimum absolute atomic E-state index is 0.0745. The number of amides is 1. The van der Waals surface area contributed by atoms with Crippen molar-refractivity contribution in [1.29, 1.82) is 0 Å². The number of hydrogen-bond acceptors (Lipinski definition) is 6. The van der Waals surface area contributed by atoms with Gasteiger partial charge in [0, 0.05) is 19.2 Å². The van der Waals surface area contributed by atoms with E-state index in [9.17, 15) is 13.2 Å². The van der Waals surface area contributed by atoms with E-state index in [0.29, 0.717) is 36.9 Å². The van der Waals surface area contributed by atoms with Gasteiger partial charge in [-0.05, 0) is 49.6 Å². The molecule has 9 heteroatoms. The Hall–Kier alpha value is -2.78. The Balaban J connectivity index is 1.91. The maximum Gasteiger partial charge on any atom is 0.259 e. The number of hydrogen-bond donors (Lipinski definition) is 1. The van der Waals surface area contributed by atoms with Crippen molar-refractivity contribution in [2.45, 2.75) is 50.3 Å². The number of anilines is 1. The van der Waals surface area contributed by atoms with Gasteiger partial charge in [-0.2, -0.15) is 4.31 Å². The highest BCUT2D eigenvalue weighted by Gasteiger charge is 2.27. The smallest absolute Gasteiger partial charge is 0.259 e. The van der Waals surface area contributed by atoms with Gasteiger partial charge in [-0.3, -0.25) is 4.79 Å². The SMILES string of the molecule is CCCCOc1ccc(OC)cc1NC(=O)c1cc(S(=O)(=O)N2CCCCCC2)ccc1OC. The number of nitrogens with zero attached hydrogens (tertiary/aromatic N) is 1. The molecule has 0 spiro atoms. The zero-order valence-electron chi connectivity index (χ0n) is 20.1. The van der Waals surface area contributed by atoms with Crippen LogP contribution in [0.25, 0.3) is 0 Å². The number of rotatable bonds is 10. The number of sulfonamides is 1. The molecule has 0 bridgehead atoms. The standard InChI is InChI=1S/C25H34N2O6S/c1-4-5-16-33-24-12-10-19(31-2)17-22(24)26-25(28)21-18-20(11-13-23(21)32-3)34(29,30)27-14-8-6-7-9-15-27/h10-13,17-18H,4-9,14-16H2,1-3H3,(H,26,28). The van der Waals surface area contributed by atoms with Gasteiger partial charge in [0.05, 0.1) is 37.0 Å². The van der Waals surface area contributed by atoms with Crippen molar-refractivity contribution in [3.63, 3.8) is 0 Å². The predicted molar refractivity (Wildman–Crippen MR) is 132 cm³/mol. The molecule has 1 fully saturated rings. The third-order valence-corrected chi connectivity index (χ3v) is 7.70. The van der Waals surface area contributed by atoms with Crippen molar-refractivity contribution in [2.75, 3.05) is 39.2 Å². The fraction of sp³-hybridized carbons (Fsp3) is 0.480. The van der Waals surface area contributed by atoms with Crippen LogP contribution in [0, 0.1) is 0 Å². The molecule has 0 unspecified atom stereocenters. The highest BCUT2D eigenvalue weighted by molar-refractivity contribution is 7.89. The van der Waals surface area contributed by atoms with Crippen LogP contribution in [0.15, 0.2) is 41.3 Å². The molecule has 1 aliphatic heterocycles. The van der Waals surface area contributed by atoms with E-state index in [1.54, 1.807) is 25.3 Å². The highest BCUT2D eigenvalue weighted by Crippen LogP contribution is 2.32. The molecule has 0 atom stereocenters. The van der Waals surface area contributed by atoms with Gasteiger partial charge in [-0.15, -0.1) is 0 Å². The second kappa shape index (κ2) is 12.1. The summed E-state index contributed by atoms with van der Waals surface area (Å²) in [5.41, 5.74) is 0.559. The Morgan fingerprint density at radius 2 is 1.68 bits per heavy atom. The molecule has 0 radical (unpaired) electrons. The van der Waals surface area contributed by atoms with Crippen LogP contribution >= 0.6 is 0 Å². The lowest BCUT2D eigenvalue weighted by molar-refractivity contribution is 0.102. The third kappa shape index (κ3) is 6.21. The van der Waals surface area contributed by atoms with Gasteiger partial charge in [0.15, 0.2) is 0 Å². The molecule has 1 saturated heterocycles. The van der Waals surface area contributed by atoms with Crippen LogP contribution < -0.4 is 19.5 Å². The third-order valence-electron chi connectivity index (χ3n) is 5.81. The summed E-state index contributed by atoms with van der Waals surface area (Å²) in [6, 6.07) is 9.55. The van der Waals surface area contributed by atoms with Gasteiger partial charge < -0.3 is 19.5 Å². The topological polar surface area (TPSA) is 94.2 Å². The molecule has 0 aromatic heterocycles. The molecular formula is C25H34N2O6S. The molecule has 2 aromatic carbocycles. The van der Waals surface area contributed by atoms with E-state index in [-0.39, 0.29) is 16.2 Å². The number of ether oxygens (including phenoxy) is 3.